The highest BCUT2D eigenvalue weighted by Crippen LogP contribution is 2.30. The van der Waals surface area contributed by atoms with Crippen molar-refractivity contribution in [2.45, 2.75) is 64.1 Å². The van der Waals surface area contributed by atoms with Crippen molar-refractivity contribution in [3.8, 4) is 0 Å². The molecule has 35 heavy (non-hydrogen) atoms. The second-order valence-electron chi connectivity index (χ2n) is 9.35. The average Bonchev–Trinajstić information content (AvgIpc) is 2.89. The van der Waals surface area contributed by atoms with Gasteiger partial charge in [-0.2, -0.15) is 0 Å². The number of halogens is 2. The first-order chi connectivity index (χ1) is 16.9. The molecule has 1 aromatic carbocycles. The number of nitrogens with one attached hydrogen (secondary N) is 2. The number of amides is 3. The molecule has 1 unspecified atom stereocenters. The van der Waals surface area contributed by atoms with Gasteiger partial charge in [-0.15, -0.1) is 0 Å². The first-order valence-corrected chi connectivity index (χ1v) is 12.7. The van der Waals surface area contributed by atoms with Gasteiger partial charge in [0.2, 0.25) is 5.91 Å². The molecule has 2 aromatic rings. The van der Waals surface area contributed by atoms with Crippen molar-refractivity contribution in [1.82, 2.24) is 15.2 Å². The molecule has 2 heterocycles. The van der Waals surface area contributed by atoms with E-state index >= 15 is 0 Å². The SMILES string of the molecule is CC(C(=O)NC1CCCCC1)c1cnc(C2=CCN(C(=O)Nc3ccc(CF)cc3)CC2)c(Cl)c1. The van der Waals surface area contributed by atoms with E-state index in [1.807, 2.05) is 19.1 Å². The third kappa shape index (κ3) is 6.40. The molecule has 3 amide bonds. The number of anilines is 1. The van der Waals surface area contributed by atoms with Crippen LogP contribution in [0, 0.1) is 0 Å². The van der Waals surface area contributed by atoms with Crippen LogP contribution in [0.25, 0.3) is 5.57 Å². The molecule has 4 rings (SSSR count). The third-order valence-corrected chi connectivity index (χ3v) is 7.16. The van der Waals surface area contributed by atoms with E-state index in [0.29, 0.717) is 41.5 Å². The summed E-state index contributed by atoms with van der Waals surface area (Å²) in [6.45, 7) is 2.31. The zero-order chi connectivity index (χ0) is 24.8. The molecule has 0 radical (unpaired) electrons. The van der Waals surface area contributed by atoms with Gasteiger partial charge in [-0.05, 0) is 61.1 Å². The van der Waals surface area contributed by atoms with Gasteiger partial charge in [-0.25, -0.2) is 9.18 Å². The van der Waals surface area contributed by atoms with Gasteiger partial charge < -0.3 is 15.5 Å². The zero-order valence-corrected chi connectivity index (χ0v) is 20.8. The number of alkyl halides is 1. The first-order valence-electron chi connectivity index (χ1n) is 12.3. The lowest BCUT2D eigenvalue weighted by molar-refractivity contribution is -0.123. The molecule has 6 nitrogen and oxygen atoms in total. The molecular formula is C27H32ClFN4O2. The second-order valence-corrected chi connectivity index (χ2v) is 9.76. The fraction of sp³-hybridized carbons (Fsp3) is 0.444. The lowest BCUT2D eigenvalue weighted by Crippen LogP contribution is -2.38. The van der Waals surface area contributed by atoms with E-state index in [9.17, 15) is 14.0 Å². The Hall–Kier alpha value is -2.93. The minimum absolute atomic E-state index is 0.0142. The van der Waals surface area contributed by atoms with Crippen LogP contribution in [0.4, 0.5) is 14.9 Å². The van der Waals surface area contributed by atoms with Crippen LogP contribution < -0.4 is 10.6 Å². The predicted octanol–water partition coefficient (Wildman–Crippen LogP) is 6.08. The predicted molar refractivity (Wildman–Crippen MR) is 137 cm³/mol. The zero-order valence-electron chi connectivity index (χ0n) is 20.0. The molecule has 2 N–H and O–H groups in total. The summed E-state index contributed by atoms with van der Waals surface area (Å²) in [6, 6.07) is 8.59. The van der Waals surface area contributed by atoms with E-state index in [1.165, 1.54) is 19.3 Å². The van der Waals surface area contributed by atoms with Crippen molar-refractivity contribution >= 4 is 34.8 Å². The maximum Gasteiger partial charge on any atom is 0.322 e. The van der Waals surface area contributed by atoms with E-state index in [4.69, 9.17) is 11.6 Å². The van der Waals surface area contributed by atoms with Gasteiger partial charge in [0.05, 0.1) is 16.6 Å². The van der Waals surface area contributed by atoms with Crippen LogP contribution in [-0.2, 0) is 11.5 Å². The summed E-state index contributed by atoms with van der Waals surface area (Å²) in [5.41, 5.74) is 3.67. The fourth-order valence-electron chi connectivity index (χ4n) is 4.60. The molecule has 8 heteroatoms. The van der Waals surface area contributed by atoms with Gasteiger partial charge in [0.1, 0.15) is 6.67 Å². The monoisotopic (exact) mass is 498 g/mol. The van der Waals surface area contributed by atoms with E-state index in [0.717, 1.165) is 24.0 Å². The Morgan fingerprint density at radius 3 is 2.57 bits per heavy atom. The number of hydrogen-bond acceptors (Lipinski definition) is 3. The summed E-state index contributed by atoms with van der Waals surface area (Å²) in [7, 11) is 0. The Labute approximate surface area is 210 Å². The van der Waals surface area contributed by atoms with Crippen molar-refractivity contribution in [2.75, 3.05) is 18.4 Å². The van der Waals surface area contributed by atoms with Crippen LogP contribution in [0.1, 0.15) is 68.2 Å². The second kappa shape index (κ2) is 11.7. The fourth-order valence-corrected chi connectivity index (χ4v) is 4.89. The highest BCUT2D eigenvalue weighted by molar-refractivity contribution is 6.32. The average molecular weight is 499 g/mol. The van der Waals surface area contributed by atoms with Gasteiger partial charge in [0.25, 0.3) is 0 Å². The minimum Gasteiger partial charge on any atom is -0.353 e. The van der Waals surface area contributed by atoms with Crippen molar-refractivity contribution in [1.29, 1.82) is 0 Å². The molecule has 1 atom stereocenters. The van der Waals surface area contributed by atoms with Crippen molar-refractivity contribution in [3.63, 3.8) is 0 Å². The number of rotatable bonds is 6. The number of carbonyl (C=O) groups is 2. The number of carbonyl (C=O) groups excluding carboxylic acids is 2. The molecule has 1 aliphatic carbocycles. The van der Waals surface area contributed by atoms with Crippen LogP contribution >= 0.6 is 11.6 Å². The number of pyridine rings is 1. The van der Waals surface area contributed by atoms with Gasteiger partial charge in [0, 0.05) is 31.0 Å². The lowest BCUT2D eigenvalue weighted by atomic mass is 9.94. The van der Waals surface area contributed by atoms with E-state index in [1.54, 1.807) is 35.4 Å². The van der Waals surface area contributed by atoms with E-state index in [2.05, 4.69) is 15.6 Å². The summed E-state index contributed by atoms with van der Waals surface area (Å²) >= 11 is 6.58. The lowest BCUT2D eigenvalue weighted by Gasteiger charge is -2.27. The van der Waals surface area contributed by atoms with Gasteiger partial charge in [-0.1, -0.05) is 49.1 Å². The molecule has 2 aliphatic rings. The van der Waals surface area contributed by atoms with Crippen LogP contribution in [-0.4, -0.2) is 41.0 Å². The molecule has 1 fully saturated rings. The molecule has 1 aliphatic heterocycles. The number of aromatic nitrogens is 1. The van der Waals surface area contributed by atoms with Crippen LogP contribution in [0.5, 0.6) is 0 Å². The normalized spacial score (nSPS) is 17.5. The Balaban J connectivity index is 1.35. The van der Waals surface area contributed by atoms with Gasteiger partial charge >= 0.3 is 6.03 Å². The van der Waals surface area contributed by atoms with E-state index in [-0.39, 0.29) is 23.9 Å². The number of benzene rings is 1. The maximum absolute atomic E-state index is 12.7. The standard InChI is InChI=1S/C27H32ClFN4O2/c1-18(26(34)31-22-5-3-2-4-6-22)21-15-24(28)25(30-17-21)20-11-13-33(14-12-20)27(35)32-23-9-7-19(16-29)8-10-23/h7-11,15,17-18,22H,2-6,12-14,16H2,1H3,(H,31,34)(H,32,35). The Kier molecular flexibility index (Phi) is 8.39. The maximum atomic E-state index is 12.7. The third-order valence-electron chi connectivity index (χ3n) is 6.87. The van der Waals surface area contributed by atoms with Crippen molar-refractivity contribution in [2.24, 2.45) is 0 Å². The van der Waals surface area contributed by atoms with Gasteiger partial charge in [-0.3, -0.25) is 9.78 Å². The summed E-state index contributed by atoms with van der Waals surface area (Å²) < 4.78 is 12.7. The molecule has 0 spiro atoms. The number of nitrogens with zero attached hydrogens (tertiary/aromatic N) is 2. The Bertz CT molecular complexity index is 1080. The molecular weight excluding hydrogens is 467 g/mol. The van der Waals surface area contributed by atoms with Crippen molar-refractivity contribution < 1.29 is 14.0 Å². The van der Waals surface area contributed by atoms with Crippen LogP contribution in [0.15, 0.2) is 42.6 Å². The quantitative estimate of drug-likeness (QED) is 0.507. The summed E-state index contributed by atoms with van der Waals surface area (Å²) in [4.78, 5) is 31.6. The summed E-state index contributed by atoms with van der Waals surface area (Å²) in [5, 5.41) is 6.53. The molecule has 0 saturated heterocycles. The van der Waals surface area contributed by atoms with E-state index < -0.39 is 6.67 Å². The van der Waals surface area contributed by atoms with Gasteiger partial charge in [0.15, 0.2) is 0 Å². The molecule has 1 aromatic heterocycles. The highest BCUT2D eigenvalue weighted by Gasteiger charge is 2.23. The number of urea groups is 1. The molecule has 186 valence electrons. The first kappa shape index (κ1) is 25.2. The number of hydrogen-bond donors (Lipinski definition) is 2. The largest absolute Gasteiger partial charge is 0.353 e. The smallest absolute Gasteiger partial charge is 0.322 e. The Morgan fingerprint density at radius 1 is 1.20 bits per heavy atom. The summed E-state index contributed by atoms with van der Waals surface area (Å²) in [5.74, 6) is -0.310. The minimum atomic E-state index is -0.530. The van der Waals surface area contributed by atoms with Crippen molar-refractivity contribution in [3.05, 3.63) is 64.4 Å². The highest BCUT2D eigenvalue weighted by atomic mass is 35.5. The summed E-state index contributed by atoms with van der Waals surface area (Å²) in [6.07, 6.45) is 9.99. The Morgan fingerprint density at radius 2 is 1.94 bits per heavy atom. The topological polar surface area (TPSA) is 74.3 Å². The molecule has 0 bridgehead atoms. The molecule has 1 saturated carbocycles. The van der Waals surface area contributed by atoms with Crippen LogP contribution in [0.3, 0.4) is 0 Å². The van der Waals surface area contributed by atoms with Crippen LogP contribution in [0.2, 0.25) is 5.02 Å².